The molecule has 0 aliphatic carbocycles. The molecule has 0 unspecified atom stereocenters. The SMILES string of the molecule is COC(=O)c1ccc2c(c1)NC(=O)/C2=C(\Nc1ccc(N(C)C(=O)CN2CCN(C)CC2)cc1)c1ccc2c(c1)OC=CO2. The van der Waals surface area contributed by atoms with Crippen LogP contribution in [0, 0.1) is 0 Å². The Kier molecular flexibility index (Phi) is 8.05. The highest BCUT2D eigenvalue weighted by Gasteiger charge is 2.30. The third kappa shape index (κ3) is 5.87. The third-order valence-corrected chi connectivity index (χ3v) is 7.97. The van der Waals surface area contributed by atoms with Crippen molar-refractivity contribution >= 4 is 46.1 Å². The number of esters is 1. The number of likely N-dealkylation sites (N-methyl/N-ethyl adjacent to an activating group) is 2. The van der Waals surface area contributed by atoms with Gasteiger partial charge in [0.25, 0.3) is 5.91 Å². The van der Waals surface area contributed by atoms with Crippen molar-refractivity contribution in [3.63, 3.8) is 0 Å². The molecule has 3 heterocycles. The number of fused-ring (bicyclic) bond motifs is 2. The number of carbonyl (C=O) groups excluding carboxylic acids is 3. The van der Waals surface area contributed by atoms with Gasteiger partial charge in [-0.05, 0) is 61.6 Å². The van der Waals surface area contributed by atoms with Crippen molar-refractivity contribution in [3.8, 4) is 11.5 Å². The van der Waals surface area contributed by atoms with Crippen molar-refractivity contribution in [2.45, 2.75) is 0 Å². The van der Waals surface area contributed by atoms with Crippen LogP contribution >= 0.6 is 0 Å². The summed E-state index contributed by atoms with van der Waals surface area (Å²) >= 11 is 0. The van der Waals surface area contributed by atoms with Crippen LogP contribution in [-0.2, 0) is 14.3 Å². The van der Waals surface area contributed by atoms with E-state index in [1.807, 2.05) is 30.3 Å². The van der Waals surface area contributed by atoms with Gasteiger partial charge in [-0.25, -0.2) is 4.79 Å². The van der Waals surface area contributed by atoms with Crippen molar-refractivity contribution < 1.29 is 28.6 Å². The molecule has 0 atom stereocenters. The van der Waals surface area contributed by atoms with Gasteiger partial charge in [0.15, 0.2) is 11.5 Å². The van der Waals surface area contributed by atoms with Crippen molar-refractivity contribution in [1.82, 2.24) is 9.80 Å². The minimum Gasteiger partial charge on any atom is -0.465 e. The molecule has 0 bridgehead atoms. The summed E-state index contributed by atoms with van der Waals surface area (Å²) in [5.41, 5.74) is 4.53. The highest BCUT2D eigenvalue weighted by Crippen LogP contribution is 2.40. The highest BCUT2D eigenvalue weighted by atomic mass is 16.5. The summed E-state index contributed by atoms with van der Waals surface area (Å²) in [7, 11) is 5.18. The second kappa shape index (κ2) is 12.2. The Hall–Kier alpha value is -5.13. The van der Waals surface area contributed by atoms with Crippen LogP contribution in [0.2, 0.25) is 0 Å². The Bertz CT molecular complexity index is 1670. The van der Waals surface area contributed by atoms with Crippen molar-refractivity contribution in [1.29, 1.82) is 0 Å². The van der Waals surface area contributed by atoms with Gasteiger partial charge in [0.05, 0.1) is 36.2 Å². The van der Waals surface area contributed by atoms with Gasteiger partial charge in [0, 0.05) is 55.7 Å². The average Bonchev–Trinajstić information content (AvgIpc) is 3.38. The van der Waals surface area contributed by atoms with Crippen LogP contribution in [0.5, 0.6) is 11.5 Å². The first-order chi connectivity index (χ1) is 21.3. The molecular weight excluding hydrogens is 562 g/mol. The fourth-order valence-electron chi connectivity index (χ4n) is 5.36. The van der Waals surface area contributed by atoms with Crippen LogP contribution in [-0.4, -0.2) is 81.5 Å². The Morgan fingerprint density at radius 3 is 2.36 bits per heavy atom. The summed E-state index contributed by atoms with van der Waals surface area (Å²) in [6, 6.07) is 17.8. The molecule has 6 rings (SSSR count). The number of amides is 2. The molecule has 3 aliphatic rings. The Morgan fingerprint density at radius 2 is 1.64 bits per heavy atom. The summed E-state index contributed by atoms with van der Waals surface area (Å²) in [4.78, 5) is 44.7. The molecule has 11 heteroatoms. The number of nitrogens with zero attached hydrogens (tertiary/aromatic N) is 3. The first-order valence-corrected chi connectivity index (χ1v) is 14.3. The maximum Gasteiger partial charge on any atom is 0.337 e. The topological polar surface area (TPSA) is 113 Å². The standard InChI is InChI=1S/C33H33N5O6/c1-36-12-14-38(15-13-36)20-29(39)37(2)24-8-6-23(7-9-24)34-31(21-5-11-27-28(19-21)44-17-16-43-27)30-25-10-4-22(33(41)42-3)18-26(25)35-32(30)40/h4-11,16-19,34H,12-15,20H2,1-3H3,(H,35,40)/b31-30-. The Morgan fingerprint density at radius 1 is 0.932 bits per heavy atom. The van der Waals surface area contributed by atoms with Crippen molar-refractivity contribution in [2.24, 2.45) is 0 Å². The number of methoxy groups -OCH3 is 1. The summed E-state index contributed by atoms with van der Waals surface area (Å²) in [6.45, 7) is 4.00. The van der Waals surface area contributed by atoms with Gasteiger partial charge < -0.3 is 34.6 Å². The normalized spacial score (nSPS) is 17.0. The van der Waals surface area contributed by atoms with E-state index in [0.29, 0.717) is 57.4 Å². The first-order valence-electron chi connectivity index (χ1n) is 14.3. The molecule has 0 aromatic heterocycles. The van der Waals surface area contributed by atoms with E-state index < -0.39 is 5.97 Å². The monoisotopic (exact) mass is 595 g/mol. The summed E-state index contributed by atoms with van der Waals surface area (Å²) in [5, 5.41) is 6.30. The van der Waals surface area contributed by atoms with Gasteiger partial charge in [-0.15, -0.1) is 0 Å². The number of hydrogen-bond donors (Lipinski definition) is 2. The van der Waals surface area contributed by atoms with E-state index in [1.54, 1.807) is 42.3 Å². The second-order valence-electron chi connectivity index (χ2n) is 10.8. The molecule has 3 aromatic rings. The van der Waals surface area contributed by atoms with Gasteiger partial charge in [0.1, 0.15) is 12.5 Å². The van der Waals surface area contributed by atoms with E-state index >= 15 is 0 Å². The molecule has 44 heavy (non-hydrogen) atoms. The summed E-state index contributed by atoms with van der Waals surface area (Å²) in [6.07, 6.45) is 2.90. The highest BCUT2D eigenvalue weighted by molar-refractivity contribution is 6.37. The minimum absolute atomic E-state index is 0.0222. The zero-order valence-corrected chi connectivity index (χ0v) is 24.8. The third-order valence-electron chi connectivity index (χ3n) is 7.97. The fourth-order valence-corrected chi connectivity index (χ4v) is 5.36. The number of nitrogens with one attached hydrogen (secondary N) is 2. The smallest absolute Gasteiger partial charge is 0.337 e. The van der Waals surface area contributed by atoms with E-state index in [0.717, 1.165) is 31.9 Å². The maximum absolute atomic E-state index is 13.4. The molecule has 3 aromatic carbocycles. The van der Waals surface area contributed by atoms with Crippen LogP contribution in [0.25, 0.3) is 11.3 Å². The van der Waals surface area contributed by atoms with Crippen LogP contribution < -0.4 is 25.0 Å². The lowest BCUT2D eigenvalue weighted by Gasteiger charge is -2.32. The molecule has 11 nitrogen and oxygen atoms in total. The number of rotatable bonds is 7. The van der Waals surface area contributed by atoms with Gasteiger partial charge in [-0.3, -0.25) is 14.5 Å². The van der Waals surface area contributed by atoms with Crippen molar-refractivity contribution in [2.75, 3.05) is 69.5 Å². The predicted octanol–water partition coefficient (Wildman–Crippen LogP) is 3.86. The molecule has 1 saturated heterocycles. The number of benzene rings is 3. The summed E-state index contributed by atoms with van der Waals surface area (Å²) < 4.78 is 16.0. The van der Waals surface area contributed by atoms with E-state index in [2.05, 4.69) is 27.5 Å². The molecule has 1 fully saturated rings. The maximum atomic E-state index is 13.4. The van der Waals surface area contributed by atoms with E-state index in [9.17, 15) is 14.4 Å². The molecule has 0 spiro atoms. The second-order valence-corrected chi connectivity index (χ2v) is 10.8. The summed E-state index contributed by atoms with van der Waals surface area (Å²) in [5.74, 6) is 0.248. The number of carbonyl (C=O) groups is 3. The quantitative estimate of drug-likeness (QED) is 0.311. The Labute approximate surface area is 255 Å². The van der Waals surface area contributed by atoms with Gasteiger partial charge in [0.2, 0.25) is 5.91 Å². The van der Waals surface area contributed by atoms with Crippen LogP contribution in [0.3, 0.4) is 0 Å². The molecule has 0 radical (unpaired) electrons. The minimum atomic E-state index is -0.496. The van der Waals surface area contributed by atoms with Crippen LogP contribution in [0.15, 0.2) is 73.2 Å². The number of anilines is 3. The van der Waals surface area contributed by atoms with Gasteiger partial charge in [-0.2, -0.15) is 0 Å². The number of hydrogen-bond acceptors (Lipinski definition) is 9. The molecule has 2 N–H and O–H groups in total. The van der Waals surface area contributed by atoms with E-state index in [1.165, 1.54) is 19.6 Å². The lowest BCUT2D eigenvalue weighted by atomic mass is 9.98. The molecule has 3 aliphatic heterocycles. The lowest BCUT2D eigenvalue weighted by Crippen LogP contribution is -2.48. The zero-order chi connectivity index (χ0) is 30.8. The first kappa shape index (κ1) is 29.0. The number of piperazine rings is 1. The van der Waals surface area contributed by atoms with E-state index in [4.69, 9.17) is 14.2 Å². The molecule has 2 amide bonds. The van der Waals surface area contributed by atoms with Crippen molar-refractivity contribution in [3.05, 3.63) is 89.9 Å². The average molecular weight is 596 g/mol. The van der Waals surface area contributed by atoms with Crippen LogP contribution in [0.4, 0.5) is 17.1 Å². The zero-order valence-electron chi connectivity index (χ0n) is 24.8. The molecule has 226 valence electrons. The number of ether oxygens (including phenoxy) is 3. The molecule has 0 saturated carbocycles. The Balaban J connectivity index is 1.30. The van der Waals surface area contributed by atoms with Crippen LogP contribution in [0.1, 0.15) is 21.5 Å². The predicted molar refractivity (Wildman–Crippen MR) is 167 cm³/mol. The molecular formula is C33H33N5O6. The lowest BCUT2D eigenvalue weighted by molar-refractivity contribution is -0.119. The fraction of sp³-hybridized carbons (Fsp3) is 0.242. The van der Waals surface area contributed by atoms with Gasteiger partial charge in [-0.1, -0.05) is 6.07 Å². The largest absolute Gasteiger partial charge is 0.465 e. The van der Waals surface area contributed by atoms with Gasteiger partial charge >= 0.3 is 5.97 Å². The van der Waals surface area contributed by atoms with E-state index in [-0.39, 0.29) is 11.8 Å².